The van der Waals surface area contributed by atoms with Crippen molar-refractivity contribution in [2.45, 2.75) is 126 Å². The second kappa shape index (κ2) is 18.4. The van der Waals surface area contributed by atoms with Crippen molar-refractivity contribution in [1.29, 1.82) is 0 Å². The van der Waals surface area contributed by atoms with Crippen LogP contribution in [0.3, 0.4) is 0 Å². The summed E-state index contributed by atoms with van der Waals surface area (Å²) in [5.41, 5.74) is 3.37. The lowest BCUT2D eigenvalue weighted by Gasteiger charge is -2.56. The molecule has 0 unspecified atom stereocenters. The number of hydrogen-bond donors (Lipinski definition) is 4. The number of carbonyl (C=O) groups excluding carboxylic acids is 1. The number of aromatic nitrogens is 2. The fourth-order valence-electron chi connectivity index (χ4n) is 11.8. The molecule has 5 heterocycles. The number of nitro groups is 1. The minimum absolute atomic E-state index is 0.00561. The van der Waals surface area contributed by atoms with Gasteiger partial charge in [0.05, 0.1) is 33.6 Å². The Kier molecular flexibility index (Phi) is 12.5. The Hall–Kier alpha value is -5.91. The van der Waals surface area contributed by atoms with Crippen LogP contribution in [-0.2, 0) is 10.0 Å². The summed E-state index contributed by atoms with van der Waals surface area (Å²) in [6.45, 7) is 11.4. The molecule has 3 aromatic carbocycles. The maximum atomic E-state index is 14.3. The van der Waals surface area contributed by atoms with E-state index in [1.54, 1.807) is 37.4 Å². The lowest BCUT2D eigenvalue weighted by molar-refractivity contribution is -0.384. The number of nitro benzene ring substituents is 1. The van der Waals surface area contributed by atoms with Crippen LogP contribution in [0.2, 0.25) is 0 Å². The molecule has 2 aliphatic carbocycles. The largest absolute Gasteiger partial charge is 0.489 e. The maximum absolute atomic E-state index is 14.3. The van der Waals surface area contributed by atoms with Crippen molar-refractivity contribution in [3.63, 3.8) is 0 Å². The van der Waals surface area contributed by atoms with Crippen LogP contribution in [0.25, 0.3) is 11.0 Å². The average molecular weight is 962 g/mol. The Morgan fingerprint density at radius 2 is 1.78 bits per heavy atom. The van der Waals surface area contributed by atoms with Gasteiger partial charge in [-0.25, -0.2) is 13.1 Å². The summed E-state index contributed by atoms with van der Waals surface area (Å²) in [4.78, 5) is 38.3. The molecule has 0 bridgehead atoms. The SMILES string of the molecule is CCOc1nc2[nH]ccc2cc1Oc1cc(N2CCC3(CC2)CC(N2CCC[C@@H]2c2ccccc2C(C)C)C3)ccc1C(=O)NS(=O)(=O)c1cc2c(c([N+](=O)[O-])c1)N[C@@H]([C@H]1CC[C@](C)(O)CC1)CO2. The lowest BCUT2D eigenvalue weighted by Crippen LogP contribution is -2.54. The molecule has 4 fully saturated rings. The molecule has 69 heavy (non-hydrogen) atoms. The third-order valence-corrected chi connectivity index (χ3v) is 17.0. The van der Waals surface area contributed by atoms with Crippen LogP contribution in [0.4, 0.5) is 17.1 Å². The highest BCUT2D eigenvalue weighted by Crippen LogP contribution is 2.54. The molecule has 5 aromatic rings. The maximum Gasteiger partial charge on any atom is 0.297 e. The van der Waals surface area contributed by atoms with Gasteiger partial charge < -0.3 is 34.5 Å². The Balaban J connectivity index is 0.881. The Bertz CT molecular complexity index is 2860. The molecule has 10 rings (SSSR count). The first-order chi connectivity index (χ1) is 33.1. The molecule has 2 saturated carbocycles. The first-order valence-electron chi connectivity index (χ1n) is 24.6. The number of carbonyl (C=O) groups is 1. The van der Waals surface area contributed by atoms with Crippen molar-refractivity contribution in [1.82, 2.24) is 19.6 Å². The molecule has 3 aliphatic heterocycles. The summed E-state index contributed by atoms with van der Waals surface area (Å²) >= 11 is 0. The number of aliphatic hydroxyl groups is 1. The molecule has 4 N–H and O–H groups in total. The van der Waals surface area contributed by atoms with E-state index in [9.17, 15) is 28.4 Å². The normalized spacial score (nSPS) is 23.8. The molecule has 2 saturated heterocycles. The van der Waals surface area contributed by atoms with Crippen molar-refractivity contribution >= 4 is 44.0 Å². The zero-order chi connectivity index (χ0) is 48.2. The third kappa shape index (κ3) is 9.32. The van der Waals surface area contributed by atoms with E-state index < -0.39 is 37.0 Å². The Morgan fingerprint density at radius 1 is 1.01 bits per heavy atom. The monoisotopic (exact) mass is 961 g/mol. The second-order valence-corrected chi connectivity index (χ2v) is 22.2. The summed E-state index contributed by atoms with van der Waals surface area (Å²) in [5, 5.41) is 26.9. The van der Waals surface area contributed by atoms with E-state index in [2.05, 4.69) is 67.9 Å². The van der Waals surface area contributed by atoms with Crippen LogP contribution in [0.1, 0.15) is 125 Å². The van der Waals surface area contributed by atoms with Crippen molar-refractivity contribution in [2.75, 3.05) is 43.1 Å². The van der Waals surface area contributed by atoms with Crippen LogP contribution in [0.5, 0.6) is 23.1 Å². The molecule has 5 aliphatic rings. The molecule has 2 aromatic heterocycles. The minimum Gasteiger partial charge on any atom is -0.489 e. The molecule has 2 atom stereocenters. The van der Waals surface area contributed by atoms with Gasteiger partial charge in [-0.05, 0) is 137 Å². The molecule has 1 spiro atoms. The highest BCUT2D eigenvalue weighted by atomic mass is 32.2. The van der Waals surface area contributed by atoms with E-state index in [1.807, 2.05) is 13.0 Å². The summed E-state index contributed by atoms with van der Waals surface area (Å²) in [6, 6.07) is 20.6. The van der Waals surface area contributed by atoms with Gasteiger partial charge >= 0.3 is 0 Å². The molecule has 17 heteroatoms. The Labute approximate surface area is 403 Å². The topological polar surface area (TPSA) is 201 Å². The number of benzene rings is 3. The average Bonchev–Trinajstić information content (AvgIpc) is 4.00. The number of likely N-dealkylation sites (tertiary alicyclic amines) is 1. The molecular weight excluding hydrogens is 899 g/mol. The first kappa shape index (κ1) is 46.8. The van der Waals surface area contributed by atoms with E-state index in [4.69, 9.17) is 14.2 Å². The number of H-pyrrole nitrogens is 1. The van der Waals surface area contributed by atoms with Crippen molar-refractivity contribution < 1.29 is 37.5 Å². The second-order valence-electron chi connectivity index (χ2n) is 20.6. The van der Waals surface area contributed by atoms with Crippen molar-refractivity contribution in [3.8, 4) is 23.1 Å². The van der Waals surface area contributed by atoms with Gasteiger partial charge in [-0.3, -0.25) is 19.8 Å². The molecular formula is C52H63N7O9S. The van der Waals surface area contributed by atoms with Gasteiger partial charge in [0.15, 0.2) is 17.2 Å². The summed E-state index contributed by atoms with van der Waals surface area (Å²) in [7, 11) is -4.70. The van der Waals surface area contributed by atoms with Crippen LogP contribution >= 0.6 is 0 Å². The molecule has 366 valence electrons. The first-order valence-corrected chi connectivity index (χ1v) is 26.1. The number of nitrogens with one attached hydrogen (secondary N) is 3. The number of sulfonamides is 1. The third-order valence-electron chi connectivity index (χ3n) is 15.7. The number of anilines is 2. The zero-order valence-electron chi connectivity index (χ0n) is 39.8. The Morgan fingerprint density at radius 3 is 2.52 bits per heavy atom. The predicted octanol–water partition coefficient (Wildman–Crippen LogP) is 9.60. The number of pyridine rings is 1. The fourth-order valence-corrected chi connectivity index (χ4v) is 12.8. The zero-order valence-corrected chi connectivity index (χ0v) is 40.6. The summed E-state index contributed by atoms with van der Waals surface area (Å²) in [5.74, 6) is 0.0962. The van der Waals surface area contributed by atoms with Gasteiger partial charge in [0.1, 0.15) is 18.0 Å². The van der Waals surface area contributed by atoms with E-state index >= 15 is 0 Å². The smallest absolute Gasteiger partial charge is 0.297 e. The van der Waals surface area contributed by atoms with Crippen LogP contribution in [0.15, 0.2) is 77.8 Å². The number of nitrogens with zero attached hydrogens (tertiary/aromatic N) is 4. The van der Waals surface area contributed by atoms with Gasteiger partial charge in [-0.1, -0.05) is 38.1 Å². The summed E-state index contributed by atoms with van der Waals surface area (Å²) < 4.78 is 48.7. The highest BCUT2D eigenvalue weighted by Gasteiger charge is 2.50. The number of fused-ring (bicyclic) bond motifs is 2. The highest BCUT2D eigenvalue weighted by molar-refractivity contribution is 7.90. The van der Waals surface area contributed by atoms with E-state index in [1.165, 1.54) is 42.9 Å². The van der Waals surface area contributed by atoms with Crippen molar-refractivity contribution in [3.05, 3.63) is 99.7 Å². The van der Waals surface area contributed by atoms with Gasteiger partial charge in [-0.15, -0.1) is 0 Å². The molecule has 0 radical (unpaired) electrons. The number of piperidine rings is 1. The number of amides is 1. The minimum atomic E-state index is -4.70. The summed E-state index contributed by atoms with van der Waals surface area (Å²) in [6.07, 6.45) is 11.2. The van der Waals surface area contributed by atoms with Gasteiger partial charge in [0, 0.05) is 60.6 Å². The van der Waals surface area contributed by atoms with E-state index in [0.717, 1.165) is 49.6 Å². The van der Waals surface area contributed by atoms with Crippen LogP contribution < -0.4 is 29.1 Å². The quantitative estimate of drug-likeness (QED) is 0.0643. The predicted molar refractivity (Wildman–Crippen MR) is 263 cm³/mol. The van der Waals surface area contributed by atoms with Crippen LogP contribution in [-0.4, -0.2) is 89.8 Å². The van der Waals surface area contributed by atoms with Crippen molar-refractivity contribution in [2.24, 2.45) is 11.3 Å². The van der Waals surface area contributed by atoms with Gasteiger partial charge in [0.2, 0.25) is 0 Å². The number of ether oxygens (including phenoxy) is 3. The molecule has 1 amide bonds. The van der Waals surface area contributed by atoms with Gasteiger partial charge in [0.25, 0.3) is 27.5 Å². The van der Waals surface area contributed by atoms with Gasteiger partial charge in [-0.2, -0.15) is 4.98 Å². The lowest BCUT2D eigenvalue weighted by atomic mass is 9.59. The fraction of sp³-hybridized carbons (Fsp3) is 0.500. The number of aromatic amines is 1. The standard InChI is InChI=1S/C52H63N7O9S/c1-5-66-50-46(25-34-16-21-53-48(34)55-50)68-44-26-35(57-23-19-52(20-24-57)29-36(30-52)58-22-8-11-42(58)39-10-7-6-9-38(39)32(2)3)12-13-40(44)49(60)56-69(64,65)37-27-43(59(62)63)47-45(28-37)67-31-41(54-47)33-14-17-51(4,61)18-15-33/h6-7,9-10,12-13,16,21,25-28,32-33,36,41-42,54,61H,5,8,11,14-15,17-20,22-24,29-31H2,1-4H3,(H,53,55)(H,56,60)/t33-,41-,42-,51-/m1/s1. The number of rotatable bonds is 13. The van der Waals surface area contributed by atoms with E-state index in [0.29, 0.717) is 49.3 Å². The van der Waals surface area contributed by atoms with E-state index in [-0.39, 0.29) is 65.0 Å². The number of hydrogen-bond acceptors (Lipinski definition) is 13. The molecule has 16 nitrogen and oxygen atoms in total. The van der Waals surface area contributed by atoms with Crippen LogP contribution in [0, 0.1) is 21.4 Å².